The molecule has 1 heterocycles. The molecular weight excluding hydrogens is 216 g/mol. The van der Waals surface area contributed by atoms with E-state index in [1.165, 1.54) is 30.6 Å². The molecule has 2 bridgehead atoms. The number of hydrogen-bond acceptors (Lipinski definition) is 3. The van der Waals surface area contributed by atoms with Crippen LogP contribution in [0.15, 0.2) is 0 Å². The Hall–Kier alpha value is -0.900. The highest BCUT2D eigenvalue weighted by atomic mass is 16.2. The van der Waals surface area contributed by atoms with Gasteiger partial charge in [-0.05, 0) is 38.0 Å². The summed E-state index contributed by atoms with van der Waals surface area (Å²) in [4.78, 5) is 25.0. The maximum absolute atomic E-state index is 12.0. The van der Waals surface area contributed by atoms with E-state index in [2.05, 4.69) is 5.32 Å². The lowest BCUT2D eigenvalue weighted by atomic mass is 9.94. The van der Waals surface area contributed by atoms with E-state index in [4.69, 9.17) is 0 Å². The highest BCUT2D eigenvalue weighted by molar-refractivity contribution is 6.05. The average Bonchev–Trinajstić information content (AvgIpc) is 2.96. The van der Waals surface area contributed by atoms with Crippen LogP contribution in [-0.2, 0) is 9.59 Å². The molecule has 0 aromatic rings. The number of rotatable bonds is 3. The van der Waals surface area contributed by atoms with Crippen molar-refractivity contribution in [1.29, 1.82) is 0 Å². The molecule has 1 saturated heterocycles. The van der Waals surface area contributed by atoms with Crippen molar-refractivity contribution in [3.05, 3.63) is 0 Å². The Labute approximate surface area is 102 Å². The molecule has 4 atom stereocenters. The first-order chi connectivity index (χ1) is 8.19. The van der Waals surface area contributed by atoms with Crippen LogP contribution in [0.25, 0.3) is 0 Å². The minimum Gasteiger partial charge on any atom is -0.302 e. The Kier molecular flexibility index (Phi) is 2.69. The summed E-state index contributed by atoms with van der Waals surface area (Å²) in [6, 6.07) is 0.235. The van der Waals surface area contributed by atoms with Crippen LogP contribution < -0.4 is 5.32 Å². The van der Waals surface area contributed by atoms with Crippen molar-refractivity contribution in [1.82, 2.24) is 10.2 Å². The van der Waals surface area contributed by atoms with Gasteiger partial charge in [-0.25, -0.2) is 0 Å². The first-order valence-corrected chi connectivity index (χ1v) is 6.79. The van der Waals surface area contributed by atoms with Gasteiger partial charge >= 0.3 is 0 Å². The fraction of sp³-hybridized carbons (Fsp3) is 0.846. The Morgan fingerprint density at radius 2 is 2.12 bits per heavy atom. The van der Waals surface area contributed by atoms with Crippen molar-refractivity contribution in [3.63, 3.8) is 0 Å². The number of carbonyl (C=O) groups excluding carboxylic acids is 2. The molecule has 17 heavy (non-hydrogen) atoms. The summed E-state index contributed by atoms with van der Waals surface area (Å²) in [5, 5.41) is 3.44. The Morgan fingerprint density at radius 1 is 1.29 bits per heavy atom. The molecule has 0 spiro atoms. The predicted octanol–water partition coefficient (Wildman–Crippen LogP) is 0.912. The first-order valence-electron chi connectivity index (χ1n) is 6.79. The predicted molar refractivity (Wildman–Crippen MR) is 63.2 cm³/mol. The lowest BCUT2D eigenvalue weighted by Crippen LogP contribution is -2.45. The molecule has 2 amide bonds. The van der Waals surface area contributed by atoms with Gasteiger partial charge in [-0.1, -0.05) is 6.42 Å². The van der Waals surface area contributed by atoms with Gasteiger partial charge in [0.1, 0.15) is 0 Å². The van der Waals surface area contributed by atoms with Crippen molar-refractivity contribution >= 4 is 11.8 Å². The largest absolute Gasteiger partial charge is 0.302 e. The third kappa shape index (κ3) is 1.79. The molecule has 3 fully saturated rings. The summed E-state index contributed by atoms with van der Waals surface area (Å²) >= 11 is 0. The number of hydrogen-bond donors (Lipinski definition) is 1. The van der Waals surface area contributed by atoms with Crippen molar-refractivity contribution in [2.24, 2.45) is 11.8 Å². The molecule has 1 N–H and O–H groups in total. The van der Waals surface area contributed by atoms with Gasteiger partial charge in [-0.3, -0.25) is 14.5 Å². The van der Waals surface area contributed by atoms with Gasteiger partial charge in [0.25, 0.3) is 0 Å². The summed E-state index contributed by atoms with van der Waals surface area (Å²) in [6.45, 7) is 2.36. The molecular formula is C13H20N2O2. The van der Waals surface area contributed by atoms with Gasteiger partial charge in [0.2, 0.25) is 11.8 Å². The van der Waals surface area contributed by atoms with Crippen molar-refractivity contribution in [2.75, 3.05) is 6.54 Å². The zero-order valence-electron chi connectivity index (χ0n) is 10.3. The van der Waals surface area contributed by atoms with Crippen LogP contribution in [0.4, 0.5) is 0 Å². The molecule has 94 valence electrons. The van der Waals surface area contributed by atoms with E-state index in [-0.39, 0.29) is 17.9 Å². The van der Waals surface area contributed by atoms with E-state index < -0.39 is 0 Å². The highest BCUT2D eigenvalue weighted by Gasteiger charge is 2.44. The lowest BCUT2D eigenvalue weighted by Gasteiger charge is -2.25. The second kappa shape index (κ2) is 4.09. The maximum atomic E-state index is 12.0. The zero-order chi connectivity index (χ0) is 12.0. The number of likely N-dealkylation sites (N-methyl/N-ethyl adjacent to an activating group) is 1. The standard InChI is InChI=1S/C13H20N2O2/c1-2-15-12(16)7-11(13(15)17)14-10-6-8-3-4-9(10)5-8/h8-11,14H,2-7H2,1H3. The summed E-state index contributed by atoms with van der Waals surface area (Å²) < 4.78 is 0. The summed E-state index contributed by atoms with van der Waals surface area (Å²) in [7, 11) is 0. The molecule has 3 rings (SSSR count). The second-order valence-corrected chi connectivity index (χ2v) is 5.68. The first kappa shape index (κ1) is 11.2. The van der Waals surface area contributed by atoms with Gasteiger partial charge < -0.3 is 5.32 Å². The number of fused-ring (bicyclic) bond motifs is 2. The molecule has 4 unspecified atom stereocenters. The zero-order valence-corrected chi connectivity index (χ0v) is 10.3. The van der Waals surface area contributed by atoms with Crippen LogP contribution >= 0.6 is 0 Å². The molecule has 4 nitrogen and oxygen atoms in total. The van der Waals surface area contributed by atoms with Crippen LogP contribution in [0.2, 0.25) is 0 Å². The normalized spacial score (nSPS) is 40.6. The van der Waals surface area contributed by atoms with Crippen LogP contribution in [-0.4, -0.2) is 35.3 Å². The van der Waals surface area contributed by atoms with Gasteiger partial charge in [-0.15, -0.1) is 0 Å². The maximum Gasteiger partial charge on any atom is 0.246 e. The van der Waals surface area contributed by atoms with Crippen LogP contribution in [0, 0.1) is 11.8 Å². The fourth-order valence-corrected chi connectivity index (χ4v) is 3.85. The van der Waals surface area contributed by atoms with Crippen molar-refractivity contribution in [3.8, 4) is 0 Å². The van der Waals surface area contributed by atoms with Gasteiger partial charge in [0.05, 0.1) is 12.5 Å². The number of carbonyl (C=O) groups is 2. The molecule has 0 aromatic heterocycles. The second-order valence-electron chi connectivity index (χ2n) is 5.68. The quantitative estimate of drug-likeness (QED) is 0.741. The molecule has 0 aromatic carbocycles. The topological polar surface area (TPSA) is 49.4 Å². The number of nitrogens with one attached hydrogen (secondary N) is 1. The Morgan fingerprint density at radius 3 is 2.65 bits per heavy atom. The number of imide groups is 1. The van der Waals surface area contributed by atoms with E-state index in [1.807, 2.05) is 6.92 Å². The van der Waals surface area contributed by atoms with E-state index in [0.717, 1.165) is 11.8 Å². The van der Waals surface area contributed by atoms with E-state index in [0.29, 0.717) is 19.0 Å². The molecule has 0 radical (unpaired) electrons. The monoisotopic (exact) mass is 236 g/mol. The van der Waals surface area contributed by atoms with Gasteiger partial charge in [0, 0.05) is 12.6 Å². The minimum atomic E-state index is -0.244. The van der Waals surface area contributed by atoms with E-state index in [1.54, 1.807) is 0 Å². The molecule has 2 aliphatic carbocycles. The van der Waals surface area contributed by atoms with Crippen molar-refractivity contribution in [2.45, 2.75) is 51.1 Å². The fourth-order valence-electron chi connectivity index (χ4n) is 3.85. The molecule has 2 saturated carbocycles. The third-order valence-electron chi connectivity index (χ3n) is 4.71. The SMILES string of the molecule is CCN1C(=O)CC(NC2CC3CCC2C3)C1=O. The van der Waals surface area contributed by atoms with Gasteiger partial charge in [0.15, 0.2) is 0 Å². The molecule has 4 heteroatoms. The Bertz CT molecular complexity index is 355. The Balaban J connectivity index is 1.63. The number of likely N-dealkylation sites (tertiary alicyclic amines) is 1. The smallest absolute Gasteiger partial charge is 0.246 e. The third-order valence-corrected chi connectivity index (χ3v) is 4.71. The van der Waals surface area contributed by atoms with E-state index >= 15 is 0 Å². The van der Waals surface area contributed by atoms with Crippen LogP contribution in [0.3, 0.4) is 0 Å². The van der Waals surface area contributed by atoms with E-state index in [9.17, 15) is 9.59 Å². The number of amides is 2. The van der Waals surface area contributed by atoms with Crippen molar-refractivity contribution < 1.29 is 9.59 Å². The average molecular weight is 236 g/mol. The summed E-state index contributed by atoms with van der Waals surface area (Å²) in [5.41, 5.74) is 0. The summed E-state index contributed by atoms with van der Waals surface area (Å²) in [6.07, 6.45) is 5.55. The highest BCUT2D eigenvalue weighted by Crippen LogP contribution is 2.44. The molecule has 3 aliphatic rings. The van der Waals surface area contributed by atoms with Crippen LogP contribution in [0.5, 0.6) is 0 Å². The molecule has 1 aliphatic heterocycles. The lowest BCUT2D eigenvalue weighted by molar-refractivity contribution is -0.138. The number of nitrogens with zero attached hydrogens (tertiary/aromatic N) is 1. The summed E-state index contributed by atoms with van der Waals surface area (Å²) in [5.74, 6) is 1.59. The van der Waals surface area contributed by atoms with Crippen LogP contribution in [0.1, 0.15) is 39.0 Å². The minimum absolute atomic E-state index is 0.0136. The van der Waals surface area contributed by atoms with Gasteiger partial charge in [-0.2, -0.15) is 0 Å².